The van der Waals surface area contributed by atoms with Gasteiger partial charge in [-0.1, -0.05) is 19.8 Å². The van der Waals surface area contributed by atoms with Gasteiger partial charge in [0.15, 0.2) is 0 Å². The summed E-state index contributed by atoms with van der Waals surface area (Å²) in [4.78, 5) is 10.7. The van der Waals surface area contributed by atoms with E-state index in [9.17, 15) is 5.11 Å². The van der Waals surface area contributed by atoms with Gasteiger partial charge in [-0.2, -0.15) is 0 Å². The van der Waals surface area contributed by atoms with Gasteiger partial charge in [0.1, 0.15) is 11.6 Å². The minimum atomic E-state index is -0.552. The largest absolute Gasteiger partial charge is 0.388 e. The Balaban J connectivity index is 1.99. The number of aliphatic hydroxyl groups is 1. The van der Waals surface area contributed by atoms with E-state index in [0.717, 1.165) is 50.3 Å². The van der Waals surface area contributed by atoms with Gasteiger partial charge in [-0.3, -0.25) is 4.98 Å². The minimum Gasteiger partial charge on any atom is -0.388 e. The van der Waals surface area contributed by atoms with Crippen molar-refractivity contribution in [1.82, 2.24) is 9.97 Å². The van der Waals surface area contributed by atoms with Crippen LogP contribution in [0.25, 0.3) is 0 Å². The van der Waals surface area contributed by atoms with Gasteiger partial charge in [-0.25, -0.2) is 4.98 Å². The highest BCUT2D eigenvalue weighted by Gasteiger charge is 2.32. The normalized spacial score (nSPS) is 17.4. The Labute approximate surface area is 115 Å². The Bertz CT molecular complexity index is 404. The standard InChI is InChI=1S/C14H24N4O/c1-3-8-16-12-9-15-10-13(17-12)18(2)11-14(19)6-4-5-7-14/h9-10,19H,3-8,11H2,1-2H3,(H,16,17). The van der Waals surface area contributed by atoms with E-state index < -0.39 is 5.60 Å². The Morgan fingerprint density at radius 3 is 2.79 bits per heavy atom. The van der Waals surface area contributed by atoms with Gasteiger partial charge in [0.2, 0.25) is 0 Å². The van der Waals surface area contributed by atoms with Crippen molar-refractivity contribution in [2.24, 2.45) is 0 Å². The first-order chi connectivity index (χ1) is 9.13. The first-order valence-electron chi connectivity index (χ1n) is 7.12. The molecule has 1 aromatic heterocycles. The van der Waals surface area contributed by atoms with Crippen LogP contribution in [0.1, 0.15) is 39.0 Å². The lowest BCUT2D eigenvalue weighted by molar-refractivity contribution is 0.0558. The molecule has 0 aliphatic heterocycles. The third-order valence-corrected chi connectivity index (χ3v) is 3.63. The van der Waals surface area contributed by atoms with Crippen LogP contribution in [0.5, 0.6) is 0 Å². The molecule has 1 fully saturated rings. The highest BCUT2D eigenvalue weighted by molar-refractivity contribution is 5.43. The molecule has 0 bridgehead atoms. The SMILES string of the molecule is CCCNc1cncc(N(C)CC2(O)CCCC2)n1. The lowest BCUT2D eigenvalue weighted by Gasteiger charge is -2.29. The molecule has 0 radical (unpaired) electrons. The van der Waals surface area contributed by atoms with Crippen molar-refractivity contribution in [1.29, 1.82) is 0 Å². The molecular weight excluding hydrogens is 240 g/mol. The Morgan fingerprint density at radius 1 is 1.37 bits per heavy atom. The van der Waals surface area contributed by atoms with Gasteiger partial charge in [0.25, 0.3) is 0 Å². The first kappa shape index (κ1) is 14.1. The zero-order valence-corrected chi connectivity index (χ0v) is 11.9. The van der Waals surface area contributed by atoms with Crippen molar-refractivity contribution >= 4 is 11.6 Å². The van der Waals surface area contributed by atoms with Crippen molar-refractivity contribution in [2.45, 2.75) is 44.6 Å². The molecule has 1 heterocycles. The molecule has 5 nitrogen and oxygen atoms in total. The Morgan fingerprint density at radius 2 is 2.11 bits per heavy atom. The van der Waals surface area contributed by atoms with Crippen LogP contribution in [-0.4, -0.2) is 40.8 Å². The van der Waals surface area contributed by atoms with Crippen LogP contribution >= 0.6 is 0 Å². The maximum atomic E-state index is 10.4. The van der Waals surface area contributed by atoms with Crippen molar-refractivity contribution in [3.05, 3.63) is 12.4 Å². The molecular formula is C14H24N4O. The third kappa shape index (κ3) is 3.80. The quantitative estimate of drug-likeness (QED) is 0.823. The molecule has 0 spiro atoms. The van der Waals surface area contributed by atoms with Gasteiger partial charge >= 0.3 is 0 Å². The van der Waals surface area contributed by atoms with Crippen molar-refractivity contribution in [3.8, 4) is 0 Å². The number of nitrogens with one attached hydrogen (secondary N) is 1. The van der Waals surface area contributed by atoms with Crippen molar-refractivity contribution in [3.63, 3.8) is 0 Å². The number of hydrogen-bond acceptors (Lipinski definition) is 5. The molecule has 0 saturated heterocycles. The summed E-state index contributed by atoms with van der Waals surface area (Å²) in [6, 6.07) is 0. The highest BCUT2D eigenvalue weighted by Crippen LogP contribution is 2.30. The van der Waals surface area contributed by atoms with E-state index in [0.29, 0.717) is 6.54 Å². The van der Waals surface area contributed by atoms with E-state index in [1.54, 1.807) is 12.4 Å². The topological polar surface area (TPSA) is 61.3 Å². The maximum absolute atomic E-state index is 10.4. The molecule has 2 N–H and O–H groups in total. The summed E-state index contributed by atoms with van der Waals surface area (Å²) >= 11 is 0. The zero-order valence-electron chi connectivity index (χ0n) is 11.9. The molecule has 19 heavy (non-hydrogen) atoms. The van der Waals surface area contributed by atoms with E-state index in [2.05, 4.69) is 22.2 Å². The molecule has 5 heteroatoms. The Hall–Kier alpha value is -1.36. The van der Waals surface area contributed by atoms with Crippen LogP contribution in [0.2, 0.25) is 0 Å². The number of rotatable bonds is 6. The molecule has 0 amide bonds. The fourth-order valence-corrected chi connectivity index (χ4v) is 2.59. The molecule has 0 unspecified atom stereocenters. The van der Waals surface area contributed by atoms with E-state index in [-0.39, 0.29) is 0 Å². The maximum Gasteiger partial charge on any atom is 0.149 e. The molecule has 1 saturated carbocycles. The van der Waals surface area contributed by atoms with Crippen LogP contribution < -0.4 is 10.2 Å². The number of nitrogens with zero attached hydrogens (tertiary/aromatic N) is 3. The van der Waals surface area contributed by atoms with Crippen LogP contribution in [0.4, 0.5) is 11.6 Å². The van der Waals surface area contributed by atoms with E-state index in [1.165, 1.54) is 0 Å². The zero-order chi connectivity index (χ0) is 13.7. The van der Waals surface area contributed by atoms with E-state index >= 15 is 0 Å². The smallest absolute Gasteiger partial charge is 0.149 e. The van der Waals surface area contributed by atoms with Crippen LogP contribution in [0.3, 0.4) is 0 Å². The summed E-state index contributed by atoms with van der Waals surface area (Å²) < 4.78 is 0. The van der Waals surface area contributed by atoms with Crippen LogP contribution in [-0.2, 0) is 0 Å². The summed E-state index contributed by atoms with van der Waals surface area (Å²) in [5.74, 6) is 1.60. The Kier molecular flexibility index (Phi) is 4.58. The van der Waals surface area contributed by atoms with Crippen molar-refractivity contribution < 1.29 is 5.11 Å². The number of anilines is 2. The summed E-state index contributed by atoms with van der Waals surface area (Å²) in [5, 5.41) is 13.7. The van der Waals surface area contributed by atoms with Crippen molar-refractivity contribution in [2.75, 3.05) is 30.4 Å². The monoisotopic (exact) mass is 264 g/mol. The van der Waals surface area contributed by atoms with Gasteiger partial charge in [0, 0.05) is 20.1 Å². The highest BCUT2D eigenvalue weighted by atomic mass is 16.3. The fourth-order valence-electron chi connectivity index (χ4n) is 2.59. The number of likely N-dealkylation sites (N-methyl/N-ethyl adjacent to an activating group) is 1. The van der Waals surface area contributed by atoms with Crippen LogP contribution in [0, 0.1) is 0 Å². The molecule has 106 valence electrons. The third-order valence-electron chi connectivity index (χ3n) is 3.63. The predicted molar refractivity (Wildman–Crippen MR) is 77.5 cm³/mol. The van der Waals surface area contributed by atoms with Gasteiger partial charge < -0.3 is 15.3 Å². The second kappa shape index (κ2) is 6.19. The molecule has 1 aromatic rings. The summed E-state index contributed by atoms with van der Waals surface area (Å²) in [6.07, 6.45) is 8.55. The average Bonchev–Trinajstić information content (AvgIpc) is 2.83. The average molecular weight is 264 g/mol. The van der Waals surface area contributed by atoms with Gasteiger partial charge in [-0.05, 0) is 19.3 Å². The molecule has 2 rings (SSSR count). The minimum absolute atomic E-state index is 0.552. The summed E-state index contributed by atoms with van der Waals surface area (Å²) in [6.45, 7) is 3.64. The fraction of sp³-hybridized carbons (Fsp3) is 0.714. The van der Waals surface area contributed by atoms with Gasteiger partial charge in [0.05, 0.1) is 18.0 Å². The lowest BCUT2D eigenvalue weighted by atomic mass is 10.0. The molecule has 1 aliphatic rings. The van der Waals surface area contributed by atoms with Crippen LogP contribution in [0.15, 0.2) is 12.4 Å². The number of hydrogen-bond donors (Lipinski definition) is 2. The second-order valence-corrected chi connectivity index (χ2v) is 5.48. The lowest BCUT2D eigenvalue weighted by Crippen LogP contribution is -2.39. The number of aromatic nitrogens is 2. The first-order valence-corrected chi connectivity index (χ1v) is 7.12. The molecule has 1 aliphatic carbocycles. The van der Waals surface area contributed by atoms with E-state index in [1.807, 2.05) is 11.9 Å². The summed E-state index contributed by atoms with van der Waals surface area (Å²) in [7, 11) is 1.96. The van der Waals surface area contributed by atoms with Gasteiger partial charge in [-0.15, -0.1) is 0 Å². The van der Waals surface area contributed by atoms with E-state index in [4.69, 9.17) is 0 Å². The molecule has 0 atom stereocenters. The second-order valence-electron chi connectivity index (χ2n) is 5.48. The molecule has 0 aromatic carbocycles. The summed E-state index contributed by atoms with van der Waals surface area (Å²) in [5.41, 5.74) is -0.552. The predicted octanol–water partition coefficient (Wildman–Crippen LogP) is 2.04.